The molecule has 0 aliphatic carbocycles. The minimum absolute atomic E-state index is 0.251. The average Bonchev–Trinajstić information content (AvgIpc) is 3.46. The highest BCUT2D eigenvalue weighted by molar-refractivity contribution is 5.80. The molecule has 0 aromatic rings. The van der Waals surface area contributed by atoms with E-state index in [2.05, 4.69) is 43.5 Å². The van der Waals surface area contributed by atoms with E-state index in [4.69, 9.17) is 9.47 Å². The number of carbonyl (C=O) groups is 1. The smallest absolute Gasteiger partial charge is 0.249 e. The molecule has 474 valence electrons. The SMILES string of the molecule is CCCCCCCCCCCCCC/C=C\CCCCCCCCCC(O)C(=O)NC(COC1OC(CO)C(O)C(O)C1O)C(O)C(O)CCC/C=C/CCCCCCCCCCCCCCCCCCCCCCCCCCC. The van der Waals surface area contributed by atoms with Crippen molar-refractivity contribution >= 4 is 5.91 Å². The van der Waals surface area contributed by atoms with Crippen molar-refractivity contribution in [2.75, 3.05) is 13.2 Å². The Morgan fingerprint density at radius 2 is 0.738 bits per heavy atom. The molecule has 0 radical (unpaired) electrons. The number of aliphatic hydroxyl groups excluding tert-OH is 7. The van der Waals surface area contributed by atoms with E-state index in [1.807, 2.05) is 0 Å². The zero-order chi connectivity index (χ0) is 58.2. The van der Waals surface area contributed by atoms with Crippen molar-refractivity contribution in [2.45, 2.75) is 396 Å². The highest BCUT2D eigenvalue weighted by Gasteiger charge is 2.44. The van der Waals surface area contributed by atoms with Crippen LogP contribution in [0.5, 0.6) is 0 Å². The van der Waals surface area contributed by atoms with Crippen LogP contribution < -0.4 is 5.32 Å². The third-order valence-electron chi connectivity index (χ3n) is 17.0. The van der Waals surface area contributed by atoms with Gasteiger partial charge in [-0.25, -0.2) is 0 Å². The summed E-state index contributed by atoms with van der Waals surface area (Å²) in [5, 5.41) is 76.4. The fourth-order valence-corrected chi connectivity index (χ4v) is 11.4. The molecule has 0 spiro atoms. The van der Waals surface area contributed by atoms with Crippen molar-refractivity contribution in [3.63, 3.8) is 0 Å². The average molecular weight is 1140 g/mol. The van der Waals surface area contributed by atoms with Crippen molar-refractivity contribution < 1.29 is 50.0 Å². The highest BCUT2D eigenvalue weighted by atomic mass is 16.7. The summed E-state index contributed by atoms with van der Waals surface area (Å²) in [6.45, 7) is 3.50. The predicted octanol–water partition coefficient (Wildman–Crippen LogP) is 16.4. The minimum atomic E-state index is -1.67. The number of ether oxygens (including phenoxy) is 2. The quantitative estimate of drug-likeness (QED) is 0.0215. The summed E-state index contributed by atoms with van der Waals surface area (Å²) in [4.78, 5) is 13.2. The fourth-order valence-electron chi connectivity index (χ4n) is 11.4. The van der Waals surface area contributed by atoms with E-state index in [0.717, 1.165) is 44.9 Å². The Hall–Kier alpha value is -1.41. The van der Waals surface area contributed by atoms with Crippen LogP contribution >= 0.6 is 0 Å². The number of nitrogens with one attached hydrogen (secondary N) is 1. The van der Waals surface area contributed by atoms with Gasteiger partial charge in [0, 0.05) is 0 Å². The van der Waals surface area contributed by atoms with Crippen molar-refractivity contribution in [3.8, 4) is 0 Å². The van der Waals surface area contributed by atoms with Crippen LogP contribution in [-0.2, 0) is 14.3 Å². The summed E-state index contributed by atoms with van der Waals surface area (Å²) in [5.74, 6) is -0.704. The topological polar surface area (TPSA) is 189 Å². The van der Waals surface area contributed by atoms with Gasteiger partial charge in [0.1, 0.15) is 36.6 Å². The molecule has 1 aliphatic heterocycles. The first-order valence-corrected chi connectivity index (χ1v) is 34.7. The van der Waals surface area contributed by atoms with Gasteiger partial charge in [-0.3, -0.25) is 4.79 Å². The van der Waals surface area contributed by atoms with Gasteiger partial charge in [0.25, 0.3) is 0 Å². The van der Waals surface area contributed by atoms with Crippen molar-refractivity contribution in [1.82, 2.24) is 5.32 Å². The summed E-state index contributed by atoms with van der Waals surface area (Å²) in [6.07, 6.45) is 61.2. The lowest BCUT2D eigenvalue weighted by Crippen LogP contribution is -2.60. The predicted molar refractivity (Wildman–Crippen MR) is 335 cm³/mol. The van der Waals surface area contributed by atoms with Crippen LogP contribution in [0.1, 0.15) is 341 Å². The summed E-state index contributed by atoms with van der Waals surface area (Å²) >= 11 is 0. The third kappa shape index (κ3) is 45.0. The van der Waals surface area contributed by atoms with Crippen molar-refractivity contribution in [1.29, 1.82) is 0 Å². The zero-order valence-corrected chi connectivity index (χ0v) is 52.3. The molecule has 9 unspecified atom stereocenters. The molecule has 1 aliphatic rings. The molecule has 0 saturated carbocycles. The maximum Gasteiger partial charge on any atom is 0.249 e. The molecule has 11 heteroatoms. The molecule has 1 rings (SSSR count). The summed E-state index contributed by atoms with van der Waals surface area (Å²) in [7, 11) is 0. The number of hydrogen-bond acceptors (Lipinski definition) is 10. The summed E-state index contributed by atoms with van der Waals surface area (Å²) < 4.78 is 11.2. The van der Waals surface area contributed by atoms with E-state index >= 15 is 0 Å². The molecule has 0 aromatic heterocycles. The molecule has 1 fully saturated rings. The van der Waals surface area contributed by atoms with Gasteiger partial charge in [0.2, 0.25) is 5.91 Å². The van der Waals surface area contributed by atoms with Gasteiger partial charge in [-0.1, -0.05) is 301 Å². The Kier molecular flexibility index (Phi) is 55.5. The lowest BCUT2D eigenvalue weighted by atomic mass is 9.98. The van der Waals surface area contributed by atoms with Gasteiger partial charge in [0.05, 0.1) is 25.4 Å². The van der Waals surface area contributed by atoms with E-state index in [1.165, 1.54) is 257 Å². The van der Waals surface area contributed by atoms with Crippen LogP contribution in [0, 0.1) is 0 Å². The molecule has 1 heterocycles. The molecule has 1 saturated heterocycles. The third-order valence-corrected chi connectivity index (χ3v) is 17.0. The van der Waals surface area contributed by atoms with Crippen LogP contribution in [0.4, 0.5) is 0 Å². The number of unbranched alkanes of at least 4 members (excludes halogenated alkanes) is 45. The number of amides is 1. The van der Waals surface area contributed by atoms with E-state index in [9.17, 15) is 40.5 Å². The van der Waals surface area contributed by atoms with Crippen LogP contribution in [0.25, 0.3) is 0 Å². The van der Waals surface area contributed by atoms with E-state index < -0.39 is 74.2 Å². The minimum Gasteiger partial charge on any atom is -0.394 e. The van der Waals surface area contributed by atoms with Crippen molar-refractivity contribution in [3.05, 3.63) is 24.3 Å². The molecule has 80 heavy (non-hydrogen) atoms. The van der Waals surface area contributed by atoms with Crippen LogP contribution in [0.15, 0.2) is 24.3 Å². The van der Waals surface area contributed by atoms with E-state index in [-0.39, 0.29) is 12.8 Å². The van der Waals surface area contributed by atoms with Gasteiger partial charge in [-0.05, 0) is 64.2 Å². The maximum atomic E-state index is 13.2. The first kappa shape index (κ1) is 76.6. The van der Waals surface area contributed by atoms with Gasteiger partial charge in [-0.2, -0.15) is 0 Å². The second-order valence-electron chi connectivity index (χ2n) is 24.6. The Bertz CT molecular complexity index is 1350. The number of allylic oxidation sites excluding steroid dienone is 4. The number of hydrogen-bond donors (Lipinski definition) is 8. The Morgan fingerprint density at radius 1 is 0.425 bits per heavy atom. The second-order valence-corrected chi connectivity index (χ2v) is 24.6. The number of rotatable bonds is 61. The van der Waals surface area contributed by atoms with E-state index in [0.29, 0.717) is 12.8 Å². The lowest BCUT2D eigenvalue weighted by Gasteiger charge is -2.40. The van der Waals surface area contributed by atoms with Gasteiger partial charge < -0.3 is 50.5 Å². The van der Waals surface area contributed by atoms with Gasteiger partial charge >= 0.3 is 0 Å². The fraction of sp³-hybridized carbons (Fsp3) is 0.928. The normalized spacial score (nSPS) is 19.3. The van der Waals surface area contributed by atoms with Crippen LogP contribution in [0.2, 0.25) is 0 Å². The first-order valence-electron chi connectivity index (χ1n) is 34.7. The highest BCUT2D eigenvalue weighted by Crippen LogP contribution is 2.24. The molecule has 9 atom stereocenters. The number of aliphatic hydroxyl groups is 7. The zero-order valence-electron chi connectivity index (χ0n) is 52.3. The largest absolute Gasteiger partial charge is 0.394 e. The Balaban J connectivity index is 2.22. The van der Waals surface area contributed by atoms with Crippen LogP contribution in [-0.4, -0.2) is 110 Å². The molecular weight excluding hydrogens is 1000 g/mol. The van der Waals surface area contributed by atoms with E-state index in [1.54, 1.807) is 0 Å². The lowest BCUT2D eigenvalue weighted by molar-refractivity contribution is -0.303. The first-order chi connectivity index (χ1) is 39.2. The summed E-state index contributed by atoms with van der Waals surface area (Å²) in [6, 6.07) is -1.19. The number of carbonyl (C=O) groups excluding carboxylic acids is 1. The standard InChI is InChI=1S/C69H133NO10/c1-3-5-7-9-11-13-15-17-19-21-23-25-27-28-29-30-31-32-33-35-36-38-40-42-44-46-48-50-52-54-56-61(72)64(74)60(59-79-69-67(77)66(76)65(75)63(58-71)80-69)70-68(78)62(73)57-55-53-51-49-47-45-43-41-39-37-34-26-24-22-20-18-16-14-12-10-8-6-4-2/h37,39,48,50,60-67,69,71-77H,3-36,38,40-47,49,51-59H2,1-2H3,(H,70,78)/b39-37-,50-48+. The molecular formula is C69H133NO10. The maximum absolute atomic E-state index is 13.2. The molecule has 1 amide bonds. The Morgan fingerprint density at radius 3 is 1.07 bits per heavy atom. The molecule has 8 N–H and O–H groups in total. The molecule has 0 bridgehead atoms. The van der Waals surface area contributed by atoms with Gasteiger partial charge in [0.15, 0.2) is 6.29 Å². The van der Waals surface area contributed by atoms with Crippen LogP contribution in [0.3, 0.4) is 0 Å². The second kappa shape index (κ2) is 58.0. The monoisotopic (exact) mass is 1140 g/mol. The molecule has 0 aromatic carbocycles. The summed E-state index contributed by atoms with van der Waals surface area (Å²) in [5.41, 5.74) is 0. The van der Waals surface area contributed by atoms with Gasteiger partial charge in [-0.15, -0.1) is 0 Å². The molecule has 11 nitrogen and oxygen atoms in total. The Labute approximate surface area is 493 Å². The van der Waals surface area contributed by atoms with Crippen molar-refractivity contribution in [2.24, 2.45) is 0 Å².